The third-order valence-electron chi connectivity index (χ3n) is 3.22. The van der Waals surface area contributed by atoms with Crippen molar-refractivity contribution in [2.24, 2.45) is 0 Å². The molecule has 0 bridgehead atoms. The van der Waals surface area contributed by atoms with Gasteiger partial charge < -0.3 is 10.1 Å². The van der Waals surface area contributed by atoms with Crippen LogP contribution in [0.25, 0.3) is 0 Å². The van der Waals surface area contributed by atoms with Gasteiger partial charge in [0.25, 0.3) is 0 Å². The Labute approximate surface area is 118 Å². The lowest BCUT2D eigenvalue weighted by Crippen LogP contribution is -2.43. The molecule has 1 aromatic carbocycles. The second kappa shape index (κ2) is 6.89. The summed E-state index contributed by atoms with van der Waals surface area (Å²) in [5.41, 5.74) is 1.06. The summed E-state index contributed by atoms with van der Waals surface area (Å²) in [5.74, 6) is 0.0457. The fourth-order valence-electron chi connectivity index (χ4n) is 2.08. The van der Waals surface area contributed by atoms with Crippen LogP contribution in [0.4, 0.5) is 0 Å². The van der Waals surface area contributed by atoms with Gasteiger partial charge in [-0.2, -0.15) is 0 Å². The molecule has 2 rings (SSSR count). The molecule has 1 aliphatic heterocycles. The third-order valence-corrected chi connectivity index (χ3v) is 3.47. The van der Waals surface area contributed by atoms with E-state index in [1.54, 1.807) is 0 Å². The summed E-state index contributed by atoms with van der Waals surface area (Å²) < 4.78 is 5.26. The van der Waals surface area contributed by atoms with Crippen molar-refractivity contribution in [2.75, 3.05) is 32.8 Å². The van der Waals surface area contributed by atoms with Crippen molar-refractivity contribution in [1.82, 2.24) is 10.2 Å². The van der Waals surface area contributed by atoms with E-state index in [0.29, 0.717) is 24.8 Å². The standard InChI is InChI=1S/C14H19ClN2O2/c1-11(12-2-4-13(15)5-3-12)16-14(18)10-17-6-8-19-9-7-17/h2-5,11H,6-10H2,1H3,(H,16,18). The normalized spacial score (nSPS) is 18.0. The van der Waals surface area contributed by atoms with Gasteiger partial charge in [-0.15, -0.1) is 0 Å². The first-order valence-electron chi connectivity index (χ1n) is 6.50. The maximum Gasteiger partial charge on any atom is 0.234 e. The lowest BCUT2D eigenvalue weighted by Gasteiger charge is -2.26. The summed E-state index contributed by atoms with van der Waals surface area (Å²) in [6.45, 7) is 5.47. The topological polar surface area (TPSA) is 41.6 Å². The molecule has 1 aromatic rings. The Bertz CT molecular complexity index is 416. The van der Waals surface area contributed by atoms with Gasteiger partial charge in [-0.3, -0.25) is 9.69 Å². The van der Waals surface area contributed by atoms with E-state index in [1.165, 1.54) is 0 Å². The van der Waals surface area contributed by atoms with E-state index >= 15 is 0 Å². The molecule has 19 heavy (non-hydrogen) atoms. The summed E-state index contributed by atoms with van der Waals surface area (Å²) in [5, 5.41) is 3.70. The smallest absolute Gasteiger partial charge is 0.234 e. The van der Waals surface area contributed by atoms with Crippen molar-refractivity contribution in [3.63, 3.8) is 0 Å². The predicted molar refractivity (Wildman–Crippen MR) is 75.3 cm³/mol. The molecule has 5 heteroatoms. The number of amides is 1. The minimum atomic E-state index is -0.00851. The summed E-state index contributed by atoms with van der Waals surface area (Å²) in [4.78, 5) is 14.0. The molecular weight excluding hydrogens is 264 g/mol. The van der Waals surface area contributed by atoms with E-state index in [1.807, 2.05) is 31.2 Å². The van der Waals surface area contributed by atoms with Gasteiger partial charge >= 0.3 is 0 Å². The van der Waals surface area contributed by atoms with Crippen LogP contribution in [-0.2, 0) is 9.53 Å². The average molecular weight is 283 g/mol. The molecule has 1 amide bonds. The molecule has 1 aliphatic rings. The van der Waals surface area contributed by atoms with Crippen LogP contribution in [0.1, 0.15) is 18.5 Å². The van der Waals surface area contributed by atoms with Crippen molar-refractivity contribution in [2.45, 2.75) is 13.0 Å². The van der Waals surface area contributed by atoms with Crippen LogP contribution in [0.3, 0.4) is 0 Å². The number of morpholine rings is 1. The minimum Gasteiger partial charge on any atom is -0.379 e. The second-order valence-electron chi connectivity index (χ2n) is 4.73. The molecule has 4 nitrogen and oxygen atoms in total. The molecule has 104 valence electrons. The third kappa shape index (κ3) is 4.49. The number of carbonyl (C=O) groups is 1. The first-order valence-corrected chi connectivity index (χ1v) is 6.88. The lowest BCUT2D eigenvalue weighted by molar-refractivity contribution is -0.123. The van der Waals surface area contributed by atoms with Gasteiger partial charge in [-0.1, -0.05) is 23.7 Å². The van der Waals surface area contributed by atoms with Gasteiger partial charge in [-0.25, -0.2) is 0 Å². The average Bonchev–Trinajstić information content (AvgIpc) is 2.40. The van der Waals surface area contributed by atoms with Crippen LogP contribution in [0.15, 0.2) is 24.3 Å². The van der Waals surface area contributed by atoms with Crippen LogP contribution in [0.5, 0.6) is 0 Å². The molecule has 0 saturated carbocycles. The van der Waals surface area contributed by atoms with Crippen molar-refractivity contribution in [3.8, 4) is 0 Å². The van der Waals surface area contributed by atoms with Crippen LogP contribution in [0, 0.1) is 0 Å². The Balaban J connectivity index is 1.82. The highest BCUT2D eigenvalue weighted by Gasteiger charge is 2.15. The summed E-state index contributed by atoms with van der Waals surface area (Å²) in [6.07, 6.45) is 0. The van der Waals surface area contributed by atoms with E-state index < -0.39 is 0 Å². The molecule has 1 N–H and O–H groups in total. The first-order chi connectivity index (χ1) is 9.15. The molecule has 0 aromatic heterocycles. The zero-order valence-electron chi connectivity index (χ0n) is 11.1. The highest BCUT2D eigenvalue weighted by atomic mass is 35.5. The van der Waals surface area contributed by atoms with Crippen molar-refractivity contribution in [3.05, 3.63) is 34.9 Å². The Morgan fingerprint density at radius 3 is 2.63 bits per heavy atom. The molecule has 0 aliphatic carbocycles. The number of hydrogen-bond donors (Lipinski definition) is 1. The van der Waals surface area contributed by atoms with Crippen LogP contribution in [-0.4, -0.2) is 43.7 Å². The molecule has 0 radical (unpaired) electrons. The fraction of sp³-hybridized carbons (Fsp3) is 0.500. The Kier molecular flexibility index (Phi) is 5.19. The number of nitrogens with zero attached hydrogens (tertiary/aromatic N) is 1. The summed E-state index contributed by atoms with van der Waals surface area (Å²) >= 11 is 5.85. The highest BCUT2D eigenvalue weighted by Crippen LogP contribution is 2.15. The van der Waals surface area contributed by atoms with E-state index in [9.17, 15) is 4.79 Å². The highest BCUT2D eigenvalue weighted by molar-refractivity contribution is 6.30. The maximum absolute atomic E-state index is 11.9. The summed E-state index contributed by atoms with van der Waals surface area (Å²) in [7, 11) is 0. The largest absolute Gasteiger partial charge is 0.379 e. The van der Waals surface area contributed by atoms with E-state index in [-0.39, 0.29) is 11.9 Å². The number of carbonyl (C=O) groups excluding carboxylic acids is 1. The number of ether oxygens (including phenoxy) is 1. The minimum absolute atomic E-state index is 0.00851. The summed E-state index contributed by atoms with van der Waals surface area (Å²) in [6, 6.07) is 7.53. The van der Waals surface area contributed by atoms with Gasteiger partial charge in [-0.05, 0) is 24.6 Å². The fourth-order valence-corrected chi connectivity index (χ4v) is 2.21. The van der Waals surface area contributed by atoms with E-state index in [2.05, 4.69) is 10.2 Å². The van der Waals surface area contributed by atoms with Crippen LogP contribution < -0.4 is 5.32 Å². The molecular formula is C14H19ClN2O2. The number of rotatable bonds is 4. The molecule has 1 atom stereocenters. The van der Waals surface area contributed by atoms with E-state index in [4.69, 9.17) is 16.3 Å². The molecule has 0 spiro atoms. The number of benzene rings is 1. The lowest BCUT2D eigenvalue weighted by atomic mass is 10.1. The SMILES string of the molecule is CC(NC(=O)CN1CCOCC1)c1ccc(Cl)cc1. The zero-order valence-corrected chi connectivity index (χ0v) is 11.8. The van der Waals surface area contributed by atoms with Crippen LogP contribution >= 0.6 is 11.6 Å². The second-order valence-corrected chi connectivity index (χ2v) is 5.17. The molecule has 1 saturated heterocycles. The number of halogens is 1. The van der Waals surface area contributed by atoms with Crippen molar-refractivity contribution < 1.29 is 9.53 Å². The van der Waals surface area contributed by atoms with Gasteiger partial charge in [0, 0.05) is 18.1 Å². The van der Waals surface area contributed by atoms with Crippen molar-refractivity contribution >= 4 is 17.5 Å². The Morgan fingerprint density at radius 2 is 2.00 bits per heavy atom. The van der Waals surface area contributed by atoms with Gasteiger partial charge in [0.05, 0.1) is 25.8 Å². The first kappa shape index (κ1) is 14.3. The quantitative estimate of drug-likeness (QED) is 0.916. The van der Waals surface area contributed by atoms with Gasteiger partial charge in [0.1, 0.15) is 0 Å². The van der Waals surface area contributed by atoms with Gasteiger partial charge in [0.2, 0.25) is 5.91 Å². The maximum atomic E-state index is 11.9. The Hall–Kier alpha value is -1.10. The van der Waals surface area contributed by atoms with Crippen molar-refractivity contribution in [1.29, 1.82) is 0 Å². The van der Waals surface area contributed by atoms with Crippen LogP contribution in [0.2, 0.25) is 5.02 Å². The zero-order chi connectivity index (χ0) is 13.7. The Morgan fingerprint density at radius 1 is 1.37 bits per heavy atom. The van der Waals surface area contributed by atoms with Gasteiger partial charge in [0.15, 0.2) is 0 Å². The molecule has 1 heterocycles. The number of nitrogens with one attached hydrogen (secondary N) is 1. The predicted octanol–water partition coefficient (Wildman–Crippen LogP) is 1.85. The molecule has 1 unspecified atom stereocenters. The monoisotopic (exact) mass is 282 g/mol. The number of hydrogen-bond acceptors (Lipinski definition) is 3. The molecule has 1 fully saturated rings. The van der Waals surface area contributed by atoms with E-state index in [0.717, 1.165) is 18.7 Å².